The monoisotopic (exact) mass is 337 g/mol. The van der Waals surface area contributed by atoms with E-state index in [9.17, 15) is 15.0 Å². The van der Waals surface area contributed by atoms with Gasteiger partial charge in [0.1, 0.15) is 0 Å². The van der Waals surface area contributed by atoms with Crippen LogP contribution in [0.3, 0.4) is 0 Å². The third-order valence-corrected chi connectivity index (χ3v) is 3.71. The number of nitrogens with one attached hydrogen (secondary N) is 1. The van der Waals surface area contributed by atoms with Crippen molar-refractivity contribution >= 4 is 15.6 Å². The predicted octanol–water partition coefficient (Wildman–Crippen LogP) is -3.05. The molecule has 2 heterocycles. The first kappa shape index (κ1) is 14.6. The number of hydrogen-bond donors (Lipinski definition) is 5. The summed E-state index contributed by atoms with van der Waals surface area (Å²) in [5, 5.41) is 28.7. The van der Waals surface area contributed by atoms with Crippen LogP contribution in [0.15, 0.2) is 11.0 Å². The molecule has 19 heavy (non-hydrogen) atoms. The first-order valence-corrected chi connectivity index (χ1v) is 6.52. The van der Waals surface area contributed by atoms with Gasteiger partial charge in [-0.25, -0.2) is 0 Å². The first-order chi connectivity index (χ1) is 8.99. The number of aromatic amines is 1. The summed E-state index contributed by atoms with van der Waals surface area (Å²) < 4.78 is 7.14. The zero-order valence-corrected chi connectivity index (χ0v) is 11.6. The fraction of sp³-hybridized carbons (Fsp3) is 0.600. The zero-order valence-electron chi connectivity index (χ0n) is 9.89. The van der Waals surface area contributed by atoms with Crippen molar-refractivity contribution in [2.24, 2.45) is 5.73 Å². The van der Waals surface area contributed by atoms with Crippen molar-refractivity contribution in [2.75, 3.05) is 6.61 Å². The van der Waals surface area contributed by atoms with Crippen LogP contribution >= 0.6 is 0 Å². The number of aliphatic hydroxyl groups is 3. The molecule has 1 aromatic heterocycles. The standard InChI is InChI=1S/C10H15N3O5Se/c11-1-4-2-13(10(19)12-8(4)17)9-7(16)6(15)5(3-14)18-9/h2,5-7,9,14-16H,1,3,11H2,(H,12,17,19)/t5-,6-,7-,9-/m1/s1. The molecule has 0 radical (unpaired) electrons. The van der Waals surface area contributed by atoms with E-state index < -0.39 is 31.1 Å². The summed E-state index contributed by atoms with van der Waals surface area (Å²) in [7, 11) is 0. The average Bonchev–Trinajstić information content (AvgIpc) is 2.67. The van der Waals surface area contributed by atoms with Crippen LogP contribution in [0.2, 0.25) is 0 Å². The molecule has 0 spiro atoms. The Bertz CT molecular complexity index is 571. The summed E-state index contributed by atoms with van der Waals surface area (Å²) in [6, 6.07) is 0. The Hall–Kier alpha value is -0.801. The summed E-state index contributed by atoms with van der Waals surface area (Å²) in [6.45, 7) is -0.379. The van der Waals surface area contributed by atoms with Crippen LogP contribution in [0.25, 0.3) is 0 Å². The van der Waals surface area contributed by atoms with Gasteiger partial charge in [0.2, 0.25) is 0 Å². The molecule has 4 atom stereocenters. The Morgan fingerprint density at radius 2 is 2.16 bits per heavy atom. The molecule has 1 saturated heterocycles. The fourth-order valence-electron chi connectivity index (χ4n) is 1.97. The quantitative estimate of drug-likeness (QED) is 0.372. The van der Waals surface area contributed by atoms with Crippen LogP contribution in [-0.4, -0.2) is 65.4 Å². The molecular formula is C10H15N3O5Se. The number of ether oxygens (including phenoxy) is 1. The summed E-state index contributed by atoms with van der Waals surface area (Å²) in [4.78, 5) is 14.1. The topological polar surface area (TPSA) is 134 Å². The van der Waals surface area contributed by atoms with Gasteiger partial charge < -0.3 is 0 Å². The van der Waals surface area contributed by atoms with Gasteiger partial charge in [0.15, 0.2) is 0 Å². The van der Waals surface area contributed by atoms with E-state index in [2.05, 4.69) is 20.6 Å². The van der Waals surface area contributed by atoms with E-state index in [1.165, 1.54) is 10.8 Å². The van der Waals surface area contributed by atoms with E-state index in [4.69, 9.17) is 15.6 Å². The Kier molecular flexibility index (Phi) is 4.36. The fourth-order valence-corrected chi connectivity index (χ4v) is 2.49. The molecule has 1 aliphatic heterocycles. The molecule has 1 fully saturated rings. The van der Waals surface area contributed by atoms with Crippen molar-refractivity contribution in [1.29, 1.82) is 0 Å². The molecule has 0 unspecified atom stereocenters. The minimum absolute atomic E-state index is 0.0322. The van der Waals surface area contributed by atoms with Crippen molar-refractivity contribution in [3.8, 4) is 0 Å². The van der Waals surface area contributed by atoms with Crippen LogP contribution in [0.5, 0.6) is 0 Å². The summed E-state index contributed by atoms with van der Waals surface area (Å²) in [6.07, 6.45) is -2.75. The van der Waals surface area contributed by atoms with Gasteiger partial charge in [-0.1, -0.05) is 0 Å². The average molecular weight is 336 g/mol. The van der Waals surface area contributed by atoms with Crippen LogP contribution in [0, 0.1) is 4.32 Å². The molecule has 2 rings (SSSR count). The van der Waals surface area contributed by atoms with Crippen molar-refractivity contribution in [3.63, 3.8) is 0 Å². The van der Waals surface area contributed by atoms with E-state index in [1.807, 2.05) is 0 Å². The Balaban J connectivity index is 2.43. The van der Waals surface area contributed by atoms with Crippen LogP contribution in [0.4, 0.5) is 0 Å². The Morgan fingerprint density at radius 1 is 1.47 bits per heavy atom. The van der Waals surface area contributed by atoms with E-state index in [1.54, 1.807) is 0 Å². The molecule has 106 valence electrons. The van der Waals surface area contributed by atoms with Crippen molar-refractivity contribution < 1.29 is 20.1 Å². The van der Waals surface area contributed by atoms with Gasteiger partial charge in [0.05, 0.1) is 0 Å². The molecule has 0 aliphatic carbocycles. The normalized spacial score (nSPS) is 30.7. The van der Waals surface area contributed by atoms with Crippen molar-refractivity contribution in [1.82, 2.24) is 9.55 Å². The molecule has 0 aromatic carbocycles. The van der Waals surface area contributed by atoms with Gasteiger partial charge in [0.25, 0.3) is 0 Å². The van der Waals surface area contributed by atoms with Crippen LogP contribution in [0.1, 0.15) is 11.8 Å². The second kappa shape index (κ2) is 5.68. The van der Waals surface area contributed by atoms with E-state index in [-0.39, 0.29) is 12.1 Å². The number of nitrogens with two attached hydrogens (primary N) is 1. The SMILES string of the molecule is NCc1cn([C@@H]2O[C@H](CO)[C@@H](O)[C@H]2O)c(=[Se])[nH]c1=O. The molecule has 8 nitrogen and oxygen atoms in total. The number of H-pyrrole nitrogens is 1. The number of aromatic nitrogens is 2. The molecule has 6 N–H and O–H groups in total. The number of aliphatic hydroxyl groups excluding tert-OH is 3. The second-order valence-electron chi connectivity index (χ2n) is 4.25. The van der Waals surface area contributed by atoms with Gasteiger partial charge in [-0.3, -0.25) is 0 Å². The third kappa shape index (κ3) is 2.59. The van der Waals surface area contributed by atoms with Crippen LogP contribution in [-0.2, 0) is 11.3 Å². The maximum absolute atomic E-state index is 11.5. The molecule has 9 heteroatoms. The van der Waals surface area contributed by atoms with E-state index in [0.29, 0.717) is 9.89 Å². The Morgan fingerprint density at radius 3 is 2.68 bits per heavy atom. The zero-order chi connectivity index (χ0) is 14.2. The summed E-state index contributed by atoms with van der Waals surface area (Å²) in [5.74, 6) is 0. The Labute approximate surface area is 115 Å². The molecule has 1 aromatic rings. The molecule has 0 saturated carbocycles. The third-order valence-electron chi connectivity index (χ3n) is 3.05. The molecular weight excluding hydrogens is 321 g/mol. The molecule has 1 aliphatic rings. The van der Waals surface area contributed by atoms with Gasteiger partial charge in [-0.2, -0.15) is 0 Å². The predicted molar refractivity (Wildman–Crippen MR) is 65.0 cm³/mol. The van der Waals surface area contributed by atoms with Crippen molar-refractivity contribution in [2.45, 2.75) is 31.1 Å². The van der Waals surface area contributed by atoms with Crippen LogP contribution < -0.4 is 11.3 Å². The van der Waals surface area contributed by atoms with Crippen molar-refractivity contribution in [3.05, 3.63) is 26.4 Å². The van der Waals surface area contributed by atoms with Gasteiger partial charge >= 0.3 is 115 Å². The second-order valence-corrected chi connectivity index (χ2v) is 5.07. The van der Waals surface area contributed by atoms with E-state index in [0.717, 1.165) is 0 Å². The van der Waals surface area contributed by atoms with E-state index >= 15 is 0 Å². The first-order valence-electron chi connectivity index (χ1n) is 5.66. The molecule has 0 bridgehead atoms. The number of rotatable bonds is 3. The summed E-state index contributed by atoms with van der Waals surface area (Å²) in [5.41, 5.74) is 5.43. The number of nitrogens with zero attached hydrogens (tertiary/aromatic N) is 1. The molecule has 0 amide bonds. The van der Waals surface area contributed by atoms with Gasteiger partial charge in [-0.05, 0) is 0 Å². The number of hydrogen-bond acceptors (Lipinski definition) is 6. The minimum atomic E-state index is -1.22. The van der Waals surface area contributed by atoms with Gasteiger partial charge in [0, 0.05) is 0 Å². The maximum atomic E-state index is 11.5. The summed E-state index contributed by atoms with van der Waals surface area (Å²) >= 11 is 2.64. The van der Waals surface area contributed by atoms with Gasteiger partial charge in [-0.15, -0.1) is 0 Å².